The Balaban J connectivity index is 2.49. The summed E-state index contributed by atoms with van der Waals surface area (Å²) in [5.74, 6) is -1.51. The van der Waals surface area contributed by atoms with Crippen molar-refractivity contribution in [2.45, 2.75) is 142 Å². The number of carbonyl (C=O) groups is 4. The number of hydrogen-bond donors (Lipinski definition) is 3. The predicted octanol–water partition coefficient (Wildman–Crippen LogP) is 5.75. The highest BCUT2D eigenvalue weighted by Gasteiger charge is 2.38. The summed E-state index contributed by atoms with van der Waals surface area (Å²) in [6.45, 7) is 11.5. The number of aryl methyl sites for hydroxylation is 2. The number of carbonyl (C=O) groups excluding carboxylic acids is 4. The van der Waals surface area contributed by atoms with E-state index in [2.05, 4.69) is 17.6 Å². The fraction of sp³-hybridized carbons (Fsp3) is 0.697. The molecule has 42 heavy (non-hydrogen) atoms. The molecular formula is C33H54N4O5. The number of alkyl carbamates (subject to hydrolysis) is 1. The maximum Gasteiger partial charge on any atom is 0.408 e. The fourth-order valence-electron chi connectivity index (χ4n) is 5.59. The Labute approximate surface area is 252 Å². The molecule has 236 valence electrons. The van der Waals surface area contributed by atoms with E-state index in [0.29, 0.717) is 13.0 Å². The van der Waals surface area contributed by atoms with Gasteiger partial charge < -0.3 is 26.0 Å². The van der Waals surface area contributed by atoms with Crippen LogP contribution in [0.2, 0.25) is 0 Å². The zero-order chi connectivity index (χ0) is 31.3. The number of benzene rings is 1. The maximum absolute atomic E-state index is 14.3. The van der Waals surface area contributed by atoms with E-state index >= 15 is 0 Å². The topological polar surface area (TPSA) is 131 Å². The van der Waals surface area contributed by atoms with Crippen LogP contribution in [0.3, 0.4) is 0 Å². The summed E-state index contributed by atoms with van der Waals surface area (Å²) in [7, 11) is 0. The SMILES string of the molecule is CCCCCCCCN(C(=O)C(CC(N)=O)NC(=O)OC(C)(C)C)C(C(=O)NC1CCCCC1)c1ccc(C)cc1C. The van der Waals surface area contributed by atoms with Crippen LogP contribution in [0.1, 0.15) is 127 Å². The summed E-state index contributed by atoms with van der Waals surface area (Å²) in [5, 5.41) is 5.80. The minimum atomic E-state index is -1.27. The predicted molar refractivity (Wildman–Crippen MR) is 166 cm³/mol. The first-order valence-corrected chi connectivity index (χ1v) is 15.8. The quantitative estimate of drug-likeness (QED) is 0.225. The lowest BCUT2D eigenvalue weighted by Gasteiger charge is -2.36. The molecule has 0 saturated heterocycles. The van der Waals surface area contributed by atoms with Gasteiger partial charge in [-0.15, -0.1) is 0 Å². The van der Waals surface area contributed by atoms with Crippen LogP contribution in [0.5, 0.6) is 0 Å². The summed E-state index contributed by atoms with van der Waals surface area (Å²) >= 11 is 0. The smallest absolute Gasteiger partial charge is 0.408 e. The molecule has 1 aliphatic carbocycles. The lowest BCUT2D eigenvalue weighted by atomic mass is 9.93. The minimum absolute atomic E-state index is 0.0480. The number of nitrogens with two attached hydrogens (primary N) is 1. The van der Waals surface area contributed by atoms with E-state index in [9.17, 15) is 19.2 Å². The van der Waals surface area contributed by atoms with Crippen LogP contribution in [0.4, 0.5) is 4.79 Å². The lowest BCUT2D eigenvalue weighted by Crippen LogP contribution is -2.55. The van der Waals surface area contributed by atoms with Crippen LogP contribution in [-0.4, -0.2) is 52.9 Å². The molecule has 2 unspecified atom stereocenters. The zero-order valence-electron chi connectivity index (χ0n) is 26.7. The Morgan fingerprint density at radius 1 is 1.00 bits per heavy atom. The van der Waals surface area contributed by atoms with Crippen molar-refractivity contribution in [1.82, 2.24) is 15.5 Å². The molecule has 1 aliphatic rings. The van der Waals surface area contributed by atoms with Crippen molar-refractivity contribution in [1.29, 1.82) is 0 Å². The average Bonchev–Trinajstić information content (AvgIpc) is 2.89. The third kappa shape index (κ3) is 12.0. The van der Waals surface area contributed by atoms with E-state index in [1.165, 1.54) is 0 Å². The number of ether oxygens (including phenoxy) is 1. The molecule has 1 aromatic rings. The molecule has 1 aromatic carbocycles. The zero-order valence-corrected chi connectivity index (χ0v) is 26.7. The van der Waals surface area contributed by atoms with Crippen LogP contribution in [0.25, 0.3) is 0 Å². The summed E-state index contributed by atoms with van der Waals surface area (Å²) in [5.41, 5.74) is 7.40. The third-order valence-electron chi connectivity index (χ3n) is 7.66. The van der Waals surface area contributed by atoms with Gasteiger partial charge in [-0.3, -0.25) is 14.4 Å². The summed E-state index contributed by atoms with van der Waals surface area (Å²) in [6.07, 6.45) is 9.84. The van der Waals surface area contributed by atoms with Gasteiger partial charge in [0.15, 0.2) is 0 Å². The Morgan fingerprint density at radius 3 is 2.24 bits per heavy atom. The molecule has 2 rings (SSSR count). The molecule has 9 heteroatoms. The second-order valence-electron chi connectivity index (χ2n) is 12.8. The van der Waals surface area contributed by atoms with Crippen LogP contribution >= 0.6 is 0 Å². The molecule has 0 radical (unpaired) electrons. The van der Waals surface area contributed by atoms with Crippen molar-refractivity contribution in [3.8, 4) is 0 Å². The number of nitrogens with zero attached hydrogens (tertiary/aromatic N) is 1. The standard InChI is InChI=1S/C33H54N4O5/c1-7-8-9-10-11-15-20-37(31(40)27(22-28(34)38)36-32(41)42-33(4,5)6)29(26-19-18-23(2)21-24(26)3)30(39)35-25-16-13-12-14-17-25/h18-19,21,25,27,29H,7-17,20,22H2,1-6H3,(H2,34,38)(H,35,39)(H,36,41). The molecule has 0 heterocycles. The number of hydrogen-bond acceptors (Lipinski definition) is 5. The third-order valence-corrected chi connectivity index (χ3v) is 7.66. The monoisotopic (exact) mass is 586 g/mol. The molecule has 0 spiro atoms. The number of amides is 4. The maximum atomic E-state index is 14.3. The number of rotatable bonds is 15. The molecular weight excluding hydrogens is 532 g/mol. The van der Waals surface area contributed by atoms with Crippen molar-refractivity contribution >= 4 is 23.8 Å². The van der Waals surface area contributed by atoms with Gasteiger partial charge in [0.25, 0.3) is 0 Å². The van der Waals surface area contributed by atoms with Crippen LogP contribution in [0, 0.1) is 13.8 Å². The minimum Gasteiger partial charge on any atom is -0.444 e. The molecule has 4 N–H and O–H groups in total. The van der Waals surface area contributed by atoms with Gasteiger partial charge in [-0.2, -0.15) is 0 Å². The van der Waals surface area contributed by atoms with E-state index in [1.54, 1.807) is 25.7 Å². The van der Waals surface area contributed by atoms with Crippen molar-refractivity contribution in [3.63, 3.8) is 0 Å². The highest BCUT2D eigenvalue weighted by Crippen LogP contribution is 2.29. The summed E-state index contributed by atoms with van der Waals surface area (Å²) in [6, 6.07) is 3.70. The van der Waals surface area contributed by atoms with Crippen LogP contribution in [-0.2, 0) is 19.1 Å². The van der Waals surface area contributed by atoms with Crippen LogP contribution in [0.15, 0.2) is 18.2 Å². The normalized spacial score (nSPS) is 15.4. The van der Waals surface area contributed by atoms with E-state index in [1.807, 2.05) is 32.0 Å². The lowest BCUT2D eigenvalue weighted by molar-refractivity contribution is -0.143. The van der Waals surface area contributed by atoms with Gasteiger partial charge in [0, 0.05) is 12.6 Å². The Hall–Kier alpha value is -3.10. The van der Waals surface area contributed by atoms with Crippen molar-refractivity contribution in [2.24, 2.45) is 5.73 Å². The molecule has 0 bridgehead atoms. The van der Waals surface area contributed by atoms with Gasteiger partial charge in [0.05, 0.1) is 6.42 Å². The van der Waals surface area contributed by atoms with E-state index in [0.717, 1.165) is 80.9 Å². The van der Waals surface area contributed by atoms with Gasteiger partial charge in [0.1, 0.15) is 17.7 Å². The molecule has 9 nitrogen and oxygen atoms in total. The van der Waals surface area contributed by atoms with E-state index in [-0.39, 0.29) is 11.9 Å². The van der Waals surface area contributed by atoms with Gasteiger partial charge >= 0.3 is 6.09 Å². The van der Waals surface area contributed by atoms with Crippen molar-refractivity contribution < 1.29 is 23.9 Å². The van der Waals surface area contributed by atoms with Crippen molar-refractivity contribution in [2.75, 3.05) is 6.54 Å². The number of primary amides is 1. The molecule has 1 saturated carbocycles. The van der Waals surface area contributed by atoms with Crippen LogP contribution < -0.4 is 16.4 Å². The van der Waals surface area contributed by atoms with Gasteiger partial charge in [-0.25, -0.2) is 4.79 Å². The molecule has 4 amide bonds. The highest BCUT2D eigenvalue weighted by molar-refractivity contribution is 5.94. The van der Waals surface area contributed by atoms with Gasteiger partial charge in [-0.1, -0.05) is 82.1 Å². The Kier molecular flexibility index (Phi) is 14.3. The largest absolute Gasteiger partial charge is 0.444 e. The van der Waals surface area contributed by atoms with Gasteiger partial charge in [-0.05, 0) is 65.0 Å². The average molecular weight is 587 g/mol. The second kappa shape index (κ2) is 17.1. The Bertz CT molecular complexity index is 1050. The van der Waals surface area contributed by atoms with E-state index in [4.69, 9.17) is 10.5 Å². The number of unbranched alkanes of at least 4 members (excludes halogenated alkanes) is 5. The fourth-order valence-corrected chi connectivity index (χ4v) is 5.59. The molecule has 1 fully saturated rings. The van der Waals surface area contributed by atoms with Gasteiger partial charge in [0.2, 0.25) is 17.7 Å². The summed E-state index contributed by atoms with van der Waals surface area (Å²) < 4.78 is 5.39. The first-order chi connectivity index (χ1) is 19.8. The molecule has 0 aliphatic heterocycles. The molecule has 0 aromatic heterocycles. The van der Waals surface area contributed by atoms with E-state index < -0.39 is 42.0 Å². The first-order valence-electron chi connectivity index (χ1n) is 15.8. The molecule has 2 atom stereocenters. The number of nitrogens with one attached hydrogen (secondary N) is 2. The summed E-state index contributed by atoms with van der Waals surface area (Å²) in [4.78, 5) is 54.8. The second-order valence-corrected chi connectivity index (χ2v) is 12.8. The van der Waals surface area contributed by atoms with Crippen molar-refractivity contribution in [3.05, 3.63) is 34.9 Å². The first kappa shape index (κ1) is 35.1. The Morgan fingerprint density at radius 2 is 1.64 bits per heavy atom. The highest BCUT2D eigenvalue weighted by atomic mass is 16.6.